The van der Waals surface area contributed by atoms with Gasteiger partial charge in [-0.1, -0.05) is 13.0 Å². The molecule has 1 rings (SSSR count). The third kappa shape index (κ3) is 4.94. The molecule has 0 heterocycles. The average Bonchev–Trinajstić information content (AvgIpc) is 2.34. The second kappa shape index (κ2) is 6.31. The van der Waals surface area contributed by atoms with Crippen molar-refractivity contribution >= 4 is 10.0 Å². The van der Waals surface area contributed by atoms with Gasteiger partial charge in [0.15, 0.2) is 0 Å². The van der Waals surface area contributed by atoms with Crippen LogP contribution in [0.4, 0.5) is 13.2 Å². The van der Waals surface area contributed by atoms with Crippen molar-refractivity contribution in [3.8, 4) is 0 Å². The molecule has 0 aliphatic carbocycles. The van der Waals surface area contributed by atoms with Crippen LogP contribution >= 0.6 is 0 Å². The van der Waals surface area contributed by atoms with Crippen molar-refractivity contribution in [1.29, 1.82) is 0 Å². The summed E-state index contributed by atoms with van der Waals surface area (Å²) in [6.07, 6.45) is -4.51. The van der Waals surface area contributed by atoms with Crippen molar-refractivity contribution in [2.24, 2.45) is 5.14 Å². The standard InChI is InChI=1S/C16H24F3NO3S/c1-10(9-14(2,3)24(20,22)23)11-6-12(15(4,5)21)8-13(7-11)16(17,18)19/h6-8,10,21H,9H2,1-5H3,(H2,20,22,23). The van der Waals surface area contributed by atoms with Gasteiger partial charge in [0.05, 0.1) is 15.9 Å². The molecule has 0 aliphatic heterocycles. The van der Waals surface area contributed by atoms with Crippen molar-refractivity contribution < 1.29 is 26.7 Å². The number of halogens is 3. The Bertz CT molecular complexity index is 672. The van der Waals surface area contributed by atoms with E-state index in [1.54, 1.807) is 6.92 Å². The second-order valence-electron chi connectivity index (χ2n) is 7.31. The second-order valence-corrected chi connectivity index (χ2v) is 9.51. The molecular formula is C16H24F3NO3S. The van der Waals surface area contributed by atoms with Gasteiger partial charge in [0.25, 0.3) is 0 Å². The molecule has 1 aromatic rings. The van der Waals surface area contributed by atoms with E-state index < -0.39 is 38.0 Å². The lowest BCUT2D eigenvalue weighted by atomic mass is 9.86. The molecule has 3 N–H and O–H groups in total. The minimum atomic E-state index is -4.56. The van der Waals surface area contributed by atoms with Gasteiger partial charge in [-0.05, 0) is 63.3 Å². The largest absolute Gasteiger partial charge is 0.416 e. The highest BCUT2D eigenvalue weighted by molar-refractivity contribution is 7.90. The Balaban J connectivity index is 3.38. The summed E-state index contributed by atoms with van der Waals surface area (Å²) in [5.74, 6) is -0.498. The summed E-state index contributed by atoms with van der Waals surface area (Å²) in [6.45, 7) is 7.29. The molecule has 0 bridgehead atoms. The van der Waals surface area contributed by atoms with Crippen LogP contribution in [-0.4, -0.2) is 18.3 Å². The lowest BCUT2D eigenvalue weighted by Gasteiger charge is -2.27. The lowest BCUT2D eigenvalue weighted by molar-refractivity contribution is -0.137. The Morgan fingerprint density at radius 3 is 1.92 bits per heavy atom. The normalized spacial score (nSPS) is 15.4. The average molecular weight is 367 g/mol. The number of hydrogen-bond acceptors (Lipinski definition) is 3. The zero-order valence-corrected chi connectivity index (χ0v) is 15.2. The topological polar surface area (TPSA) is 80.4 Å². The molecule has 0 radical (unpaired) electrons. The quantitative estimate of drug-likeness (QED) is 0.836. The highest BCUT2D eigenvalue weighted by Crippen LogP contribution is 2.37. The predicted molar refractivity (Wildman–Crippen MR) is 86.9 cm³/mol. The molecule has 0 aliphatic rings. The molecular weight excluding hydrogens is 343 g/mol. The SMILES string of the molecule is CC(CC(C)(C)S(N)(=O)=O)c1cc(C(C)(C)O)cc(C(F)(F)F)c1. The zero-order chi connectivity index (χ0) is 19.1. The summed E-state index contributed by atoms with van der Waals surface area (Å²) in [5, 5.41) is 15.3. The molecule has 1 atom stereocenters. The van der Waals surface area contributed by atoms with E-state index in [0.29, 0.717) is 5.56 Å². The van der Waals surface area contributed by atoms with Crippen molar-refractivity contribution in [2.45, 2.75) is 63.5 Å². The fourth-order valence-electron chi connectivity index (χ4n) is 2.42. The maximum atomic E-state index is 13.1. The van der Waals surface area contributed by atoms with E-state index in [9.17, 15) is 26.7 Å². The summed E-state index contributed by atoms with van der Waals surface area (Å²) >= 11 is 0. The van der Waals surface area contributed by atoms with Crippen LogP contribution in [0.3, 0.4) is 0 Å². The van der Waals surface area contributed by atoms with Crippen LogP contribution in [0.15, 0.2) is 18.2 Å². The zero-order valence-electron chi connectivity index (χ0n) is 14.4. The van der Waals surface area contributed by atoms with E-state index in [4.69, 9.17) is 5.14 Å². The number of hydrogen-bond donors (Lipinski definition) is 2. The van der Waals surface area contributed by atoms with Crippen molar-refractivity contribution in [1.82, 2.24) is 0 Å². The smallest absolute Gasteiger partial charge is 0.386 e. The number of aliphatic hydroxyl groups is 1. The number of rotatable bonds is 5. The predicted octanol–water partition coefficient (Wildman–Crippen LogP) is 3.49. The Morgan fingerprint density at radius 1 is 1.08 bits per heavy atom. The van der Waals surface area contributed by atoms with Crippen LogP contribution in [-0.2, 0) is 21.8 Å². The van der Waals surface area contributed by atoms with E-state index in [-0.39, 0.29) is 12.0 Å². The molecule has 8 heteroatoms. The summed E-state index contributed by atoms with van der Waals surface area (Å²) in [6, 6.07) is 3.36. The summed E-state index contributed by atoms with van der Waals surface area (Å²) in [7, 11) is -3.85. The van der Waals surface area contributed by atoms with Gasteiger partial charge in [-0.25, -0.2) is 13.6 Å². The monoisotopic (exact) mass is 367 g/mol. The van der Waals surface area contributed by atoms with Crippen LogP contribution < -0.4 is 5.14 Å². The van der Waals surface area contributed by atoms with Gasteiger partial charge < -0.3 is 5.11 Å². The Labute approximate surface area is 140 Å². The Kier molecular flexibility index (Phi) is 5.50. The molecule has 0 fully saturated rings. The summed E-state index contributed by atoms with van der Waals surface area (Å²) < 4.78 is 61.4. The van der Waals surface area contributed by atoms with Crippen molar-refractivity contribution in [2.75, 3.05) is 0 Å². The highest BCUT2D eigenvalue weighted by atomic mass is 32.2. The van der Waals surface area contributed by atoms with Gasteiger partial charge in [-0.15, -0.1) is 0 Å². The van der Waals surface area contributed by atoms with Gasteiger partial charge in [0.1, 0.15) is 0 Å². The number of primary sulfonamides is 1. The highest BCUT2D eigenvalue weighted by Gasteiger charge is 2.36. The molecule has 0 saturated carbocycles. The van der Waals surface area contributed by atoms with Crippen molar-refractivity contribution in [3.05, 3.63) is 34.9 Å². The van der Waals surface area contributed by atoms with Gasteiger partial charge >= 0.3 is 6.18 Å². The molecule has 0 amide bonds. The Morgan fingerprint density at radius 2 is 1.54 bits per heavy atom. The van der Waals surface area contributed by atoms with E-state index in [0.717, 1.165) is 12.1 Å². The van der Waals surface area contributed by atoms with E-state index in [2.05, 4.69) is 0 Å². The minimum absolute atomic E-state index is 0.0540. The van der Waals surface area contributed by atoms with Crippen molar-refractivity contribution in [3.63, 3.8) is 0 Å². The maximum absolute atomic E-state index is 13.1. The van der Waals surface area contributed by atoms with Gasteiger partial charge in [-0.2, -0.15) is 13.2 Å². The fourth-order valence-corrected chi connectivity index (χ4v) is 2.91. The third-order valence-corrected chi connectivity index (χ3v) is 5.83. The molecule has 138 valence electrons. The molecule has 4 nitrogen and oxygen atoms in total. The molecule has 0 aromatic heterocycles. The lowest BCUT2D eigenvalue weighted by Crippen LogP contribution is -2.38. The summed E-state index contributed by atoms with van der Waals surface area (Å²) in [5.41, 5.74) is -1.91. The first-order valence-corrected chi connectivity index (χ1v) is 8.97. The first-order valence-electron chi connectivity index (χ1n) is 7.42. The van der Waals surface area contributed by atoms with Crippen LogP contribution in [0.1, 0.15) is 63.6 Å². The Hall–Kier alpha value is -1.12. The number of alkyl halides is 3. The number of nitrogens with two attached hydrogens (primary N) is 1. The molecule has 1 aromatic carbocycles. The first kappa shape index (κ1) is 20.9. The van der Waals surface area contributed by atoms with Crippen LogP contribution in [0.25, 0.3) is 0 Å². The van der Waals surface area contributed by atoms with Gasteiger partial charge in [0, 0.05) is 0 Å². The number of sulfonamides is 1. The van der Waals surface area contributed by atoms with Crippen LogP contribution in [0.2, 0.25) is 0 Å². The van der Waals surface area contributed by atoms with Gasteiger partial charge in [0.2, 0.25) is 10.0 Å². The van der Waals surface area contributed by atoms with E-state index >= 15 is 0 Å². The molecule has 24 heavy (non-hydrogen) atoms. The van der Waals surface area contributed by atoms with Crippen LogP contribution in [0, 0.1) is 0 Å². The van der Waals surface area contributed by atoms with E-state index in [1.165, 1.54) is 33.8 Å². The van der Waals surface area contributed by atoms with Crippen LogP contribution in [0.5, 0.6) is 0 Å². The maximum Gasteiger partial charge on any atom is 0.416 e. The van der Waals surface area contributed by atoms with E-state index in [1.807, 2.05) is 0 Å². The first-order chi connectivity index (χ1) is 10.4. The molecule has 0 saturated heterocycles. The third-order valence-electron chi connectivity index (χ3n) is 4.13. The molecule has 0 spiro atoms. The minimum Gasteiger partial charge on any atom is -0.386 e. The fraction of sp³-hybridized carbons (Fsp3) is 0.625. The molecule has 1 unspecified atom stereocenters. The summed E-state index contributed by atoms with van der Waals surface area (Å²) in [4.78, 5) is 0. The number of benzene rings is 1. The van der Waals surface area contributed by atoms with Gasteiger partial charge in [-0.3, -0.25) is 0 Å².